The molecule has 2 heterocycles. The van der Waals surface area contributed by atoms with Crippen molar-refractivity contribution in [3.8, 4) is 11.3 Å². The van der Waals surface area contributed by atoms with Crippen molar-refractivity contribution in [1.29, 1.82) is 0 Å². The molecule has 3 aromatic rings. The molecule has 5 nitrogen and oxygen atoms in total. The van der Waals surface area contributed by atoms with Gasteiger partial charge in [-0.1, -0.05) is 26.0 Å². The zero-order chi connectivity index (χ0) is 19.4. The minimum Gasteiger partial charge on any atom is -0.347 e. The second-order valence-corrected chi connectivity index (χ2v) is 7.65. The Bertz CT molecular complexity index is 947. The summed E-state index contributed by atoms with van der Waals surface area (Å²) in [6.45, 7) is 8.56. The van der Waals surface area contributed by atoms with Gasteiger partial charge in [-0.2, -0.15) is 0 Å². The number of rotatable bonds is 6. The van der Waals surface area contributed by atoms with Gasteiger partial charge in [-0.05, 0) is 44.9 Å². The molecule has 1 amide bonds. The maximum absolute atomic E-state index is 12.5. The lowest BCUT2D eigenvalue weighted by molar-refractivity contribution is 0.0951. The molecule has 0 aliphatic heterocycles. The summed E-state index contributed by atoms with van der Waals surface area (Å²) in [5.74, 6) is 0.681. The Hall–Kier alpha value is -2.60. The van der Waals surface area contributed by atoms with Crippen LogP contribution in [-0.4, -0.2) is 20.9 Å². The molecule has 0 bridgehead atoms. The molecule has 0 saturated carbocycles. The summed E-state index contributed by atoms with van der Waals surface area (Å²) in [6, 6.07) is 9.55. The minimum atomic E-state index is -0.0808. The first-order chi connectivity index (χ1) is 13.0. The van der Waals surface area contributed by atoms with Crippen molar-refractivity contribution in [2.75, 3.05) is 0 Å². The van der Waals surface area contributed by atoms with E-state index < -0.39 is 0 Å². The highest BCUT2D eigenvalue weighted by Crippen LogP contribution is 2.20. The van der Waals surface area contributed by atoms with E-state index in [4.69, 9.17) is 0 Å². The number of aromatic nitrogens is 3. The van der Waals surface area contributed by atoms with E-state index in [9.17, 15) is 4.79 Å². The van der Waals surface area contributed by atoms with E-state index in [2.05, 4.69) is 34.1 Å². The predicted octanol–water partition coefficient (Wildman–Crippen LogP) is 4.27. The Morgan fingerprint density at radius 3 is 2.44 bits per heavy atom. The van der Waals surface area contributed by atoms with Gasteiger partial charge in [0.1, 0.15) is 5.82 Å². The van der Waals surface area contributed by atoms with Gasteiger partial charge in [-0.25, -0.2) is 15.0 Å². The maximum Gasteiger partial charge on any atom is 0.251 e. The van der Waals surface area contributed by atoms with Crippen molar-refractivity contribution in [2.24, 2.45) is 0 Å². The standard InChI is InChI=1S/C21H24N4OS/c1-5-17-11-19(24-13(3)23-17)15-7-9-16(10-8-15)21(26)22-12-20-18(6-2)25-14(4)27-20/h7-11H,5-6,12H2,1-4H3,(H,22,26). The molecule has 0 spiro atoms. The van der Waals surface area contributed by atoms with E-state index in [1.54, 1.807) is 11.3 Å². The number of amides is 1. The lowest BCUT2D eigenvalue weighted by Crippen LogP contribution is -2.22. The molecular formula is C21H24N4OS. The Morgan fingerprint density at radius 2 is 1.78 bits per heavy atom. The third-order valence-corrected chi connectivity index (χ3v) is 5.34. The molecule has 0 saturated heterocycles. The normalized spacial score (nSPS) is 10.8. The molecule has 3 rings (SSSR count). The van der Waals surface area contributed by atoms with Crippen LogP contribution in [0.2, 0.25) is 0 Å². The number of carbonyl (C=O) groups is 1. The molecule has 27 heavy (non-hydrogen) atoms. The molecule has 0 fully saturated rings. The highest BCUT2D eigenvalue weighted by Gasteiger charge is 2.11. The van der Waals surface area contributed by atoms with E-state index in [-0.39, 0.29) is 5.91 Å². The SMILES string of the molecule is CCc1cc(-c2ccc(C(=O)NCc3sc(C)nc3CC)cc2)nc(C)n1. The van der Waals surface area contributed by atoms with Gasteiger partial charge in [0, 0.05) is 21.7 Å². The third-order valence-electron chi connectivity index (χ3n) is 4.33. The summed E-state index contributed by atoms with van der Waals surface area (Å²) in [6.07, 6.45) is 1.75. The highest BCUT2D eigenvalue weighted by molar-refractivity contribution is 7.11. The molecule has 2 aromatic heterocycles. The molecule has 140 valence electrons. The van der Waals surface area contributed by atoms with Gasteiger partial charge in [-0.15, -0.1) is 11.3 Å². The van der Waals surface area contributed by atoms with Crippen LogP contribution < -0.4 is 5.32 Å². The van der Waals surface area contributed by atoms with Gasteiger partial charge in [0.05, 0.1) is 22.9 Å². The average molecular weight is 381 g/mol. The van der Waals surface area contributed by atoms with Crippen LogP contribution in [0.25, 0.3) is 11.3 Å². The molecule has 1 aromatic carbocycles. The molecule has 0 aliphatic carbocycles. The van der Waals surface area contributed by atoms with Crippen LogP contribution in [0.5, 0.6) is 0 Å². The quantitative estimate of drug-likeness (QED) is 0.693. The number of benzene rings is 1. The van der Waals surface area contributed by atoms with Gasteiger partial charge < -0.3 is 5.32 Å². The number of aryl methyl sites for hydroxylation is 4. The molecular weight excluding hydrogens is 356 g/mol. The van der Waals surface area contributed by atoms with Crippen LogP contribution in [0.3, 0.4) is 0 Å². The minimum absolute atomic E-state index is 0.0808. The summed E-state index contributed by atoms with van der Waals surface area (Å²) in [5.41, 5.74) is 4.60. The van der Waals surface area contributed by atoms with Crippen LogP contribution in [0.15, 0.2) is 30.3 Å². The Morgan fingerprint density at radius 1 is 1.04 bits per heavy atom. The topological polar surface area (TPSA) is 67.8 Å². The van der Waals surface area contributed by atoms with Crippen molar-refractivity contribution in [3.63, 3.8) is 0 Å². The van der Waals surface area contributed by atoms with Crippen LogP contribution in [0.4, 0.5) is 0 Å². The molecule has 0 radical (unpaired) electrons. The molecule has 6 heteroatoms. The monoisotopic (exact) mass is 380 g/mol. The van der Waals surface area contributed by atoms with Crippen LogP contribution in [-0.2, 0) is 19.4 Å². The Balaban J connectivity index is 1.71. The van der Waals surface area contributed by atoms with Crippen molar-refractivity contribution in [1.82, 2.24) is 20.3 Å². The van der Waals surface area contributed by atoms with Crippen molar-refractivity contribution >= 4 is 17.2 Å². The van der Waals surface area contributed by atoms with Gasteiger partial charge in [0.2, 0.25) is 0 Å². The first kappa shape index (κ1) is 19.2. The molecule has 0 aliphatic rings. The third kappa shape index (κ3) is 4.57. The molecule has 1 N–H and O–H groups in total. The second kappa shape index (κ2) is 8.39. The lowest BCUT2D eigenvalue weighted by Gasteiger charge is -2.07. The first-order valence-corrected chi connectivity index (χ1v) is 10.00. The summed E-state index contributed by atoms with van der Waals surface area (Å²) >= 11 is 1.64. The van der Waals surface area contributed by atoms with E-state index in [0.717, 1.165) is 51.2 Å². The van der Waals surface area contributed by atoms with E-state index in [1.165, 1.54) is 0 Å². The number of hydrogen-bond acceptors (Lipinski definition) is 5. The zero-order valence-corrected chi connectivity index (χ0v) is 17.0. The number of thiazole rings is 1. The average Bonchev–Trinajstić information content (AvgIpc) is 3.05. The fraction of sp³-hybridized carbons (Fsp3) is 0.333. The Labute approximate surface area is 163 Å². The van der Waals surface area contributed by atoms with Crippen LogP contribution in [0.1, 0.15) is 51.3 Å². The number of carbonyl (C=O) groups excluding carboxylic acids is 1. The highest BCUT2D eigenvalue weighted by atomic mass is 32.1. The first-order valence-electron chi connectivity index (χ1n) is 9.18. The zero-order valence-electron chi connectivity index (χ0n) is 16.2. The number of nitrogens with zero attached hydrogens (tertiary/aromatic N) is 3. The van der Waals surface area contributed by atoms with E-state index in [1.807, 2.05) is 44.2 Å². The van der Waals surface area contributed by atoms with Gasteiger partial charge >= 0.3 is 0 Å². The predicted molar refractivity (Wildman–Crippen MR) is 109 cm³/mol. The summed E-state index contributed by atoms with van der Waals surface area (Å²) in [5, 5.41) is 4.03. The summed E-state index contributed by atoms with van der Waals surface area (Å²) < 4.78 is 0. The Kier molecular flexibility index (Phi) is 5.96. The number of nitrogens with one attached hydrogen (secondary N) is 1. The smallest absolute Gasteiger partial charge is 0.251 e. The lowest BCUT2D eigenvalue weighted by atomic mass is 10.1. The van der Waals surface area contributed by atoms with E-state index >= 15 is 0 Å². The van der Waals surface area contributed by atoms with E-state index in [0.29, 0.717) is 12.1 Å². The summed E-state index contributed by atoms with van der Waals surface area (Å²) in [7, 11) is 0. The van der Waals surface area contributed by atoms with Gasteiger partial charge in [-0.3, -0.25) is 4.79 Å². The maximum atomic E-state index is 12.5. The van der Waals surface area contributed by atoms with Crippen molar-refractivity contribution < 1.29 is 4.79 Å². The van der Waals surface area contributed by atoms with Gasteiger partial charge in [0.25, 0.3) is 5.91 Å². The second-order valence-electron chi connectivity index (χ2n) is 6.36. The van der Waals surface area contributed by atoms with Crippen molar-refractivity contribution in [3.05, 3.63) is 63.0 Å². The van der Waals surface area contributed by atoms with Crippen molar-refractivity contribution in [2.45, 2.75) is 47.1 Å². The number of hydrogen-bond donors (Lipinski definition) is 1. The fourth-order valence-electron chi connectivity index (χ4n) is 2.94. The van der Waals surface area contributed by atoms with Crippen LogP contribution in [0, 0.1) is 13.8 Å². The largest absolute Gasteiger partial charge is 0.347 e. The summed E-state index contributed by atoms with van der Waals surface area (Å²) in [4.78, 5) is 27.0. The van der Waals surface area contributed by atoms with Crippen LogP contribution >= 0.6 is 11.3 Å². The fourth-order valence-corrected chi connectivity index (χ4v) is 3.90. The van der Waals surface area contributed by atoms with Gasteiger partial charge in [0.15, 0.2) is 0 Å². The molecule has 0 atom stereocenters. The molecule has 0 unspecified atom stereocenters.